The van der Waals surface area contributed by atoms with Crippen LogP contribution in [0.3, 0.4) is 0 Å². The molecule has 0 amide bonds. The second-order valence-electron chi connectivity index (χ2n) is 6.39. The van der Waals surface area contributed by atoms with Gasteiger partial charge in [0.2, 0.25) is 0 Å². The molecule has 0 radical (unpaired) electrons. The van der Waals surface area contributed by atoms with E-state index in [1.807, 2.05) is 4.90 Å². The Hall–Kier alpha value is -2.39. The standard InChI is InChI=1S/C17H17ClFN3O4S/c1-27(25,26)17-8-11(2-5-16(17)22(23)24)20-12-6-7-21(10-12)13-3-4-15(19)14(18)9-13/h2-5,8-9,12,20H,6-7,10H2,1H3. The van der Waals surface area contributed by atoms with Crippen LogP contribution in [0.1, 0.15) is 6.42 Å². The summed E-state index contributed by atoms with van der Waals surface area (Å²) in [5.41, 5.74) is 0.841. The van der Waals surface area contributed by atoms with Gasteiger partial charge in [0.15, 0.2) is 9.84 Å². The summed E-state index contributed by atoms with van der Waals surface area (Å²) >= 11 is 5.83. The molecule has 2 aromatic carbocycles. The second-order valence-corrected chi connectivity index (χ2v) is 8.78. The maximum absolute atomic E-state index is 13.3. The first-order valence-corrected chi connectivity index (χ1v) is 10.4. The number of nitro groups is 1. The van der Waals surface area contributed by atoms with Crippen molar-refractivity contribution < 1.29 is 17.7 Å². The monoisotopic (exact) mass is 413 g/mol. The van der Waals surface area contributed by atoms with E-state index in [1.54, 1.807) is 12.1 Å². The Kier molecular flexibility index (Phi) is 5.25. The summed E-state index contributed by atoms with van der Waals surface area (Å²) in [6.07, 6.45) is 1.70. The molecular formula is C17H17ClFN3O4S. The number of nitro benzene ring substituents is 1. The molecule has 7 nitrogen and oxygen atoms in total. The van der Waals surface area contributed by atoms with E-state index < -0.39 is 26.3 Å². The Morgan fingerprint density at radius 2 is 2.04 bits per heavy atom. The van der Waals surface area contributed by atoms with Gasteiger partial charge in [0.1, 0.15) is 10.7 Å². The molecule has 0 spiro atoms. The Morgan fingerprint density at radius 1 is 1.30 bits per heavy atom. The molecule has 1 unspecified atom stereocenters. The Balaban J connectivity index is 1.76. The highest BCUT2D eigenvalue weighted by atomic mass is 35.5. The van der Waals surface area contributed by atoms with E-state index in [-0.39, 0.29) is 16.0 Å². The molecule has 0 saturated carbocycles. The largest absolute Gasteiger partial charge is 0.380 e. The van der Waals surface area contributed by atoms with Crippen LogP contribution < -0.4 is 10.2 Å². The number of halogens is 2. The lowest BCUT2D eigenvalue weighted by Crippen LogP contribution is -2.26. The Labute approximate surface area is 160 Å². The van der Waals surface area contributed by atoms with Gasteiger partial charge in [0.25, 0.3) is 5.69 Å². The van der Waals surface area contributed by atoms with Crippen molar-refractivity contribution >= 4 is 38.5 Å². The zero-order valence-electron chi connectivity index (χ0n) is 14.4. The maximum Gasteiger partial charge on any atom is 0.288 e. The van der Waals surface area contributed by atoms with Crippen LogP contribution in [0.2, 0.25) is 5.02 Å². The lowest BCUT2D eigenvalue weighted by Gasteiger charge is -2.20. The van der Waals surface area contributed by atoms with E-state index >= 15 is 0 Å². The summed E-state index contributed by atoms with van der Waals surface area (Å²) in [6, 6.07) is 8.49. The first kappa shape index (κ1) is 19.4. The third-order valence-corrected chi connectivity index (χ3v) is 5.80. The highest BCUT2D eigenvalue weighted by Gasteiger charge is 2.26. The molecule has 10 heteroatoms. The molecule has 2 aromatic rings. The van der Waals surface area contributed by atoms with Crippen LogP contribution in [-0.2, 0) is 9.84 Å². The summed E-state index contributed by atoms with van der Waals surface area (Å²) in [5.74, 6) is -0.478. The van der Waals surface area contributed by atoms with Gasteiger partial charge in [0, 0.05) is 42.8 Å². The van der Waals surface area contributed by atoms with E-state index in [4.69, 9.17) is 11.6 Å². The summed E-state index contributed by atoms with van der Waals surface area (Å²) in [6.45, 7) is 1.32. The minimum Gasteiger partial charge on any atom is -0.380 e. The van der Waals surface area contributed by atoms with Crippen LogP contribution >= 0.6 is 11.6 Å². The number of benzene rings is 2. The molecule has 1 saturated heterocycles. The molecule has 1 fully saturated rings. The summed E-state index contributed by atoms with van der Waals surface area (Å²) < 4.78 is 37.0. The quantitative estimate of drug-likeness (QED) is 0.596. The van der Waals surface area contributed by atoms with Gasteiger partial charge in [-0.3, -0.25) is 10.1 Å². The van der Waals surface area contributed by atoms with Crippen LogP contribution in [0.5, 0.6) is 0 Å². The molecule has 1 heterocycles. The van der Waals surface area contributed by atoms with E-state index in [2.05, 4.69) is 5.32 Å². The van der Waals surface area contributed by atoms with E-state index in [0.717, 1.165) is 18.4 Å². The topological polar surface area (TPSA) is 92.6 Å². The molecule has 1 aliphatic heterocycles. The lowest BCUT2D eigenvalue weighted by atomic mass is 10.2. The number of nitrogens with one attached hydrogen (secondary N) is 1. The van der Waals surface area contributed by atoms with Gasteiger partial charge in [0.05, 0.1) is 9.95 Å². The minimum atomic E-state index is -3.74. The number of rotatable bonds is 5. The van der Waals surface area contributed by atoms with Crippen LogP contribution in [0.25, 0.3) is 0 Å². The molecular weight excluding hydrogens is 397 g/mol. The van der Waals surface area contributed by atoms with Crippen molar-refractivity contribution in [1.29, 1.82) is 0 Å². The number of anilines is 2. The summed E-state index contributed by atoms with van der Waals surface area (Å²) in [7, 11) is -3.74. The molecule has 144 valence electrons. The van der Waals surface area contributed by atoms with Crippen molar-refractivity contribution in [3.05, 3.63) is 57.4 Å². The third-order valence-electron chi connectivity index (χ3n) is 4.38. The van der Waals surface area contributed by atoms with Crippen molar-refractivity contribution in [2.75, 3.05) is 29.6 Å². The molecule has 1 N–H and O–H groups in total. The first-order chi connectivity index (χ1) is 12.6. The third kappa shape index (κ3) is 4.30. The minimum absolute atomic E-state index is 0.00250. The average Bonchev–Trinajstić information content (AvgIpc) is 3.05. The fourth-order valence-electron chi connectivity index (χ4n) is 3.08. The van der Waals surface area contributed by atoms with Crippen molar-refractivity contribution in [2.45, 2.75) is 17.4 Å². The maximum atomic E-state index is 13.3. The van der Waals surface area contributed by atoms with Crippen LogP contribution in [0, 0.1) is 15.9 Å². The average molecular weight is 414 g/mol. The molecule has 27 heavy (non-hydrogen) atoms. The smallest absolute Gasteiger partial charge is 0.288 e. The fourth-order valence-corrected chi connectivity index (χ4v) is 4.12. The molecule has 0 bridgehead atoms. The van der Waals surface area contributed by atoms with Gasteiger partial charge in [-0.1, -0.05) is 11.6 Å². The van der Waals surface area contributed by atoms with Gasteiger partial charge >= 0.3 is 0 Å². The van der Waals surface area contributed by atoms with Gasteiger partial charge < -0.3 is 10.2 Å². The van der Waals surface area contributed by atoms with Crippen molar-refractivity contribution in [3.63, 3.8) is 0 Å². The van der Waals surface area contributed by atoms with Gasteiger partial charge in [-0.05, 0) is 36.8 Å². The van der Waals surface area contributed by atoms with Crippen LogP contribution in [0.15, 0.2) is 41.3 Å². The number of nitrogens with zero attached hydrogens (tertiary/aromatic N) is 2. The molecule has 0 aromatic heterocycles. The van der Waals surface area contributed by atoms with Gasteiger partial charge in [-0.2, -0.15) is 0 Å². The predicted molar refractivity (Wildman–Crippen MR) is 102 cm³/mol. The zero-order valence-corrected chi connectivity index (χ0v) is 15.9. The lowest BCUT2D eigenvalue weighted by molar-refractivity contribution is -0.387. The highest BCUT2D eigenvalue weighted by Crippen LogP contribution is 2.30. The number of sulfone groups is 1. The highest BCUT2D eigenvalue weighted by molar-refractivity contribution is 7.90. The predicted octanol–water partition coefficient (Wildman–Crippen LogP) is 3.48. The van der Waals surface area contributed by atoms with E-state index in [9.17, 15) is 22.9 Å². The van der Waals surface area contributed by atoms with Gasteiger partial charge in [-0.15, -0.1) is 0 Å². The SMILES string of the molecule is CS(=O)(=O)c1cc(NC2CCN(c3ccc(F)c(Cl)c3)C2)ccc1[N+](=O)[O-]. The van der Waals surface area contributed by atoms with Crippen molar-refractivity contribution in [3.8, 4) is 0 Å². The fraction of sp³-hybridized carbons (Fsp3) is 0.294. The van der Waals surface area contributed by atoms with Crippen molar-refractivity contribution in [2.24, 2.45) is 0 Å². The van der Waals surface area contributed by atoms with Crippen molar-refractivity contribution in [1.82, 2.24) is 0 Å². The Bertz CT molecular complexity index is 1000. The molecule has 1 aliphatic rings. The Morgan fingerprint density at radius 3 is 2.67 bits per heavy atom. The number of hydrogen-bond donors (Lipinski definition) is 1. The first-order valence-electron chi connectivity index (χ1n) is 8.10. The molecule has 3 rings (SSSR count). The zero-order chi connectivity index (χ0) is 19.8. The van der Waals surface area contributed by atoms with Crippen LogP contribution in [0.4, 0.5) is 21.5 Å². The van der Waals surface area contributed by atoms with Crippen LogP contribution in [-0.4, -0.2) is 38.7 Å². The second kappa shape index (κ2) is 7.32. The molecule has 1 atom stereocenters. The van der Waals surface area contributed by atoms with Gasteiger partial charge in [-0.25, -0.2) is 12.8 Å². The molecule has 0 aliphatic carbocycles. The normalized spacial score (nSPS) is 17.1. The summed E-state index contributed by atoms with van der Waals surface area (Å²) in [4.78, 5) is 12.1. The van der Waals surface area contributed by atoms with E-state index in [1.165, 1.54) is 24.3 Å². The van der Waals surface area contributed by atoms with E-state index in [0.29, 0.717) is 18.8 Å². The number of hydrogen-bond acceptors (Lipinski definition) is 6. The summed E-state index contributed by atoms with van der Waals surface area (Å²) in [5, 5.41) is 14.3.